The van der Waals surface area contributed by atoms with Crippen molar-refractivity contribution in [2.45, 2.75) is 90.3 Å². The third-order valence-corrected chi connectivity index (χ3v) is 16.0. The smallest absolute Gasteiger partial charge is 0.344 e. The van der Waals surface area contributed by atoms with Gasteiger partial charge in [0.15, 0.2) is 13.2 Å². The van der Waals surface area contributed by atoms with E-state index in [1.807, 2.05) is 121 Å². The summed E-state index contributed by atoms with van der Waals surface area (Å²) in [5.74, 6) is -0.298. The van der Waals surface area contributed by atoms with Crippen LogP contribution in [0, 0.1) is 0 Å². The van der Waals surface area contributed by atoms with Gasteiger partial charge in [-0.3, -0.25) is 14.4 Å². The number of aromatic hydroxyl groups is 1. The second-order valence-corrected chi connectivity index (χ2v) is 22.0. The largest absolute Gasteiger partial charge is 0.508 e. The van der Waals surface area contributed by atoms with E-state index < -0.39 is 18.5 Å². The standard InChI is InChI=1S/C25H32N2O4.C23H28N2O4.C21H26N2O2.CH4/c1-3-30-25(29)19-31-23-14-8-7-13-21(23)17-24(28)26(2)22(18-27-15-9-10-16-27)20-11-5-4-6-12-20;1-24(20(16-25-13-7-8-14-25)18-9-3-2-4-10-18)22(26)15-19-11-5-6-12-21(19)29-17-23(27)28;1-22(21(25)15-18-11-5-6-12-20(18)24)19(16-23-13-7-8-14-23)17-9-3-2-4-10-17;/h4-8,11-14,22H,3,9-10,15-19H2,1-2H3;2-6,9-12,20H,7-8,13-17H2,1H3,(H,27,28);2-6,9-12,19,24H,7-8,13-16H2,1H3;1H4/t22-;20-;19-;/m111./s1. The predicted octanol–water partition coefficient (Wildman–Crippen LogP) is 10.3. The Labute approximate surface area is 509 Å². The van der Waals surface area contributed by atoms with Gasteiger partial charge >= 0.3 is 11.9 Å². The molecule has 16 nitrogen and oxygen atoms in total. The van der Waals surface area contributed by atoms with Crippen molar-refractivity contribution in [1.29, 1.82) is 0 Å². The van der Waals surface area contributed by atoms with Crippen LogP contribution in [-0.4, -0.2) is 169 Å². The van der Waals surface area contributed by atoms with E-state index in [1.54, 1.807) is 49.4 Å². The third-order valence-electron chi connectivity index (χ3n) is 16.0. The lowest BCUT2D eigenvalue weighted by atomic mass is 10.0. The SMILES string of the molecule is C.CCOC(=O)COc1ccccc1CC(=O)N(C)[C@H](CN1CCCC1)c1ccccc1.CN(C(=O)Cc1ccccc1O)[C@H](CN1CCCC1)c1ccccc1.CN(C(=O)Cc1ccccc1OCC(=O)O)[C@H](CN1CCCC1)c1ccccc1. The highest BCUT2D eigenvalue weighted by atomic mass is 16.6. The van der Waals surface area contributed by atoms with Gasteiger partial charge in [0.25, 0.3) is 0 Å². The lowest BCUT2D eigenvalue weighted by Crippen LogP contribution is -2.39. The first-order valence-corrected chi connectivity index (χ1v) is 29.9. The van der Waals surface area contributed by atoms with E-state index in [9.17, 15) is 29.1 Å². The summed E-state index contributed by atoms with van der Waals surface area (Å²) in [4.78, 5) is 74.4. The number of nitrogens with zero attached hydrogens (tertiary/aromatic N) is 6. The van der Waals surface area contributed by atoms with E-state index in [4.69, 9.17) is 19.3 Å². The van der Waals surface area contributed by atoms with E-state index in [0.717, 1.165) is 81.2 Å². The minimum Gasteiger partial charge on any atom is -0.508 e. The normalized spacial score (nSPS) is 15.0. The van der Waals surface area contributed by atoms with Crippen molar-refractivity contribution in [3.8, 4) is 17.2 Å². The second kappa shape index (κ2) is 35.4. The van der Waals surface area contributed by atoms with Crippen LogP contribution in [0.2, 0.25) is 0 Å². The third kappa shape index (κ3) is 20.9. The summed E-state index contributed by atoms with van der Waals surface area (Å²) in [6.07, 6.45) is 7.88. The summed E-state index contributed by atoms with van der Waals surface area (Å²) < 4.78 is 15.9. The zero-order valence-electron chi connectivity index (χ0n) is 50.0. The van der Waals surface area contributed by atoms with Crippen LogP contribution in [0.15, 0.2) is 164 Å². The molecule has 0 bridgehead atoms. The number of likely N-dealkylation sites (N-methyl/N-ethyl adjacent to an activating group) is 3. The summed E-state index contributed by atoms with van der Waals surface area (Å²) >= 11 is 0. The number of aliphatic carboxylic acids is 1. The van der Waals surface area contributed by atoms with Crippen molar-refractivity contribution in [3.05, 3.63) is 197 Å². The fourth-order valence-corrected chi connectivity index (χ4v) is 11.1. The first-order valence-electron chi connectivity index (χ1n) is 29.9. The number of carboxylic acids is 1. The minimum absolute atomic E-state index is 0. The molecule has 9 rings (SSSR count). The van der Waals surface area contributed by atoms with Gasteiger partial charge in [0, 0.05) is 57.5 Å². The number of para-hydroxylation sites is 3. The number of rotatable bonds is 25. The molecule has 0 saturated carbocycles. The Morgan fingerprint density at radius 2 is 0.744 bits per heavy atom. The van der Waals surface area contributed by atoms with Gasteiger partial charge in [0.05, 0.1) is 44.0 Å². The molecular weight excluding hydrogens is 1080 g/mol. The van der Waals surface area contributed by atoms with Crippen LogP contribution in [0.4, 0.5) is 0 Å². The molecule has 2 N–H and O–H groups in total. The summed E-state index contributed by atoms with van der Waals surface area (Å²) in [5, 5.41) is 18.8. The number of likely N-dealkylation sites (tertiary alicyclic amines) is 3. The summed E-state index contributed by atoms with van der Waals surface area (Å²) in [5.41, 5.74) is 5.54. The van der Waals surface area contributed by atoms with Crippen LogP contribution in [0.3, 0.4) is 0 Å². The van der Waals surface area contributed by atoms with Crippen molar-refractivity contribution in [3.63, 3.8) is 0 Å². The van der Waals surface area contributed by atoms with E-state index >= 15 is 0 Å². The molecule has 3 aliphatic rings. The van der Waals surface area contributed by atoms with Gasteiger partial charge in [0.1, 0.15) is 17.2 Å². The van der Waals surface area contributed by atoms with E-state index in [-0.39, 0.29) is 74.9 Å². The molecule has 3 saturated heterocycles. The first-order chi connectivity index (χ1) is 41.3. The van der Waals surface area contributed by atoms with Crippen molar-refractivity contribution in [2.75, 3.05) is 99.9 Å². The van der Waals surface area contributed by atoms with Gasteiger partial charge in [-0.25, -0.2) is 9.59 Å². The van der Waals surface area contributed by atoms with E-state index in [0.29, 0.717) is 29.2 Å². The average molecular weight is 1180 g/mol. The fourth-order valence-electron chi connectivity index (χ4n) is 11.1. The first kappa shape index (κ1) is 67.1. The topological polar surface area (TPSA) is 173 Å². The Balaban J connectivity index is 0.000000206. The lowest BCUT2D eigenvalue weighted by molar-refractivity contribution is -0.145. The minimum atomic E-state index is -1.04. The summed E-state index contributed by atoms with van der Waals surface area (Å²) in [6.45, 7) is 10.5. The van der Waals surface area contributed by atoms with Crippen molar-refractivity contribution in [2.24, 2.45) is 0 Å². The highest BCUT2D eigenvalue weighted by Gasteiger charge is 2.29. The van der Waals surface area contributed by atoms with Crippen LogP contribution >= 0.6 is 0 Å². The lowest BCUT2D eigenvalue weighted by Gasteiger charge is -2.32. The molecule has 3 amide bonds. The van der Waals surface area contributed by atoms with Crippen LogP contribution in [0.1, 0.15) is 104 Å². The molecule has 16 heteroatoms. The molecule has 3 fully saturated rings. The van der Waals surface area contributed by atoms with E-state index in [2.05, 4.69) is 51.1 Å². The zero-order valence-corrected chi connectivity index (χ0v) is 50.0. The maximum absolute atomic E-state index is 13.3. The monoisotopic (exact) mass is 1170 g/mol. The molecule has 3 aliphatic heterocycles. The summed E-state index contributed by atoms with van der Waals surface area (Å²) in [6, 6.07) is 52.0. The highest BCUT2D eigenvalue weighted by Crippen LogP contribution is 2.29. The molecule has 3 atom stereocenters. The van der Waals surface area contributed by atoms with Gasteiger partial charge < -0.3 is 53.8 Å². The number of phenolic OH excluding ortho intramolecular Hbond substituents is 1. The van der Waals surface area contributed by atoms with Crippen LogP contribution < -0.4 is 9.47 Å². The quantitative estimate of drug-likeness (QED) is 0.0519. The molecule has 0 spiro atoms. The molecule has 0 unspecified atom stereocenters. The van der Waals surface area contributed by atoms with Gasteiger partial charge in [0.2, 0.25) is 17.7 Å². The number of ether oxygens (including phenoxy) is 3. The molecular formula is C70H90N6O10. The predicted molar refractivity (Wildman–Crippen MR) is 337 cm³/mol. The maximum atomic E-state index is 13.3. The van der Waals surface area contributed by atoms with Gasteiger partial charge in [-0.15, -0.1) is 0 Å². The molecule has 0 aliphatic carbocycles. The molecule has 0 radical (unpaired) electrons. The van der Waals surface area contributed by atoms with Crippen molar-refractivity contribution in [1.82, 2.24) is 29.4 Å². The molecule has 0 aromatic heterocycles. The Morgan fingerprint density at radius 3 is 1.08 bits per heavy atom. The van der Waals surface area contributed by atoms with Crippen LogP contribution in [-0.2, 0) is 48.0 Å². The van der Waals surface area contributed by atoms with E-state index in [1.165, 1.54) is 38.5 Å². The Kier molecular flexibility index (Phi) is 27.6. The van der Waals surface area contributed by atoms with Crippen LogP contribution in [0.5, 0.6) is 17.2 Å². The second-order valence-electron chi connectivity index (χ2n) is 22.0. The number of carbonyl (C=O) groups is 5. The number of phenols is 1. The molecule has 86 heavy (non-hydrogen) atoms. The number of benzene rings is 6. The number of esters is 1. The number of carbonyl (C=O) groups excluding carboxylic acids is 4. The maximum Gasteiger partial charge on any atom is 0.344 e. The fraction of sp³-hybridized carbons (Fsp3) is 0.414. The molecule has 3 heterocycles. The highest BCUT2D eigenvalue weighted by molar-refractivity contribution is 5.81. The van der Waals surface area contributed by atoms with Gasteiger partial charge in [-0.2, -0.15) is 0 Å². The molecule has 6 aromatic rings. The van der Waals surface area contributed by atoms with Gasteiger partial charge in [-0.05, 0) is 120 Å². The van der Waals surface area contributed by atoms with Gasteiger partial charge in [-0.1, -0.05) is 153 Å². The number of amides is 3. The Morgan fingerprint density at radius 1 is 0.442 bits per heavy atom. The molecule has 6 aromatic carbocycles. The number of carboxylic acid groups (broad SMARTS) is 1. The number of hydrogen-bond acceptors (Lipinski definition) is 12. The Bertz CT molecular complexity index is 3010. The van der Waals surface area contributed by atoms with Crippen molar-refractivity contribution < 1.29 is 48.4 Å². The van der Waals surface area contributed by atoms with Crippen molar-refractivity contribution >= 4 is 29.7 Å². The zero-order chi connectivity index (χ0) is 60.3. The average Bonchev–Trinajstić information content (AvgIpc) is 4.33. The van der Waals surface area contributed by atoms with Crippen LogP contribution in [0.25, 0.3) is 0 Å². The number of hydrogen-bond donors (Lipinski definition) is 2. The summed E-state index contributed by atoms with van der Waals surface area (Å²) in [7, 11) is 5.59. The Hall–Kier alpha value is -8.05. The molecule has 460 valence electrons.